The molecule has 0 saturated heterocycles. The molecule has 0 fully saturated rings. The van der Waals surface area contributed by atoms with E-state index in [1.165, 1.54) is 5.06 Å². The smallest absolute Gasteiger partial charge is 0.233 e. The van der Waals surface area contributed by atoms with Gasteiger partial charge in [0, 0.05) is 13.0 Å². The maximum absolute atomic E-state index is 10.5. The molecule has 0 aliphatic rings. The number of hydroxylamine groups is 2. The molecule has 2 N–H and O–H groups in total. The Morgan fingerprint density at radius 1 is 1.50 bits per heavy atom. The number of rotatable bonds is 6. The quantitative estimate of drug-likeness (QED) is 0.501. The summed E-state index contributed by atoms with van der Waals surface area (Å²) in [6.07, 6.45) is 1.38. The van der Waals surface area contributed by atoms with Crippen LogP contribution in [0.15, 0.2) is 0 Å². The van der Waals surface area contributed by atoms with Crippen molar-refractivity contribution in [3.05, 3.63) is 0 Å². The van der Waals surface area contributed by atoms with Crippen LogP contribution >= 0.6 is 0 Å². The second kappa shape index (κ2) is 5.59. The maximum Gasteiger partial charge on any atom is 0.233 e. The fraction of sp³-hybridized carbons (Fsp3) is 0.778. The van der Waals surface area contributed by atoms with E-state index in [9.17, 15) is 9.59 Å². The van der Waals surface area contributed by atoms with Crippen molar-refractivity contribution in [1.29, 1.82) is 0 Å². The zero-order valence-electron chi connectivity index (χ0n) is 8.95. The average Bonchev–Trinajstić information content (AvgIpc) is 1.99. The van der Waals surface area contributed by atoms with Gasteiger partial charge in [0.25, 0.3) is 0 Å². The molecular formula is C9H18N2O3. The normalized spacial score (nSPS) is 11.1. The topological polar surface area (TPSA) is 72.6 Å². The fourth-order valence-electron chi connectivity index (χ4n) is 0.881. The molecule has 0 aromatic carbocycles. The molecule has 0 aromatic rings. The van der Waals surface area contributed by atoms with Crippen molar-refractivity contribution in [3.8, 4) is 0 Å². The van der Waals surface area contributed by atoms with Gasteiger partial charge in [0.15, 0.2) is 0 Å². The van der Waals surface area contributed by atoms with Crippen LogP contribution in [0.3, 0.4) is 0 Å². The van der Waals surface area contributed by atoms with Crippen LogP contribution in [0.5, 0.6) is 0 Å². The van der Waals surface area contributed by atoms with Crippen LogP contribution in [0.1, 0.15) is 33.6 Å². The van der Waals surface area contributed by atoms with Crippen LogP contribution in [0.25, 0.3) is 0 Å². The van der Waals surface area contributed by atoms with Gasteiger partial charge >= 0.3 is 0 Å². The van der Waals surface area contributed by atoms with Crippen molar-refractivity contribution < 1.29 is 14.4 Å². The molecule has 0 aromatic heterocycles. The molecular weight excluding hydrogens is 184 g/mol. The minimum absolute atomic E-state index is 0.262. The van der Waals surface area contributed by atoms with E-state index < -0.39 is 5.60 Å². The zero-order valence-corrected chi connectivity index (χ0v) is 8.95. The van der Waals surface area contributed by atoms with Crippen LogP contribution < -0.4 is 5.73 Å². The number of hydrogen-bond acceptors (Lipinski definition) is 3. The van der Waals surface area contributed by atoms with Crippen molar-refractivity contribution in [2.24, 2.45) is 5.73 Å². The Bertz CT molecular complexity index is 199. The van der Waals surface area contributed by atoms with Gasteiger partial charge in [-0.1, -0.05) is 0 Å². The van der Waals surface area contributed by atoms with Crippen molar-refractivity contribution in [2.75, 3.05) is 6.54 Å². The van der Waals surface area contributed by atoms with Crippen molar-refractivity contribution in [3.63, 3.8) is 0 Å². The molecule has 5 heteroatoms. The molecule has 0 radical (unpaired) electrons. The highest BCUT2D eigenvalue weighted by molar-refractivity contribution is 5.73. The van der Waals surface area contributed by atoms with E-state index >= 15 is 0 Å². The Kier molecular flexibility index (Phi) is 5.15. The summed E-state index contributed by atoms with van der Waals surface area (Å²) in [4.78, 5) is 26.3. The molecule has 82 valence electrons. The largest absolute Gasteiger partial charge is 0.370 e. The fourth-order valence-corrected chi connectivity index (χ4v) is 0.881. The lowest BCUT2D eigenvalue weighted by atomic mass is 10.2. The van der Waals surface area contributed by atoms with Crippen molar-refractivity contribution >= 4 is 12.3 Å². The second-order valence-electron chi connectivity index (χ2n) is 4.02. The number of amides is 2. The van der Waals surface area contributed by atoms with Gasteiger partial charge in [0.05, 0.1) is 5.60 Å². The van der Waals surface area contributed by atoms with Crippen molar-refractivity contribution in [2.45, 2.75) is 39.2 Å². The Morgan fingerprint density at radius 3 is 2.43 bits per heavy atom. The number of primary amides is 1. The van der Waals surface area contributed by atoms with E-state index in [0.717, 1.165) is 0 Å². The van der Waals surface area contributed by atoms with E-state index in [-0.39, 0.29) is 12.3 Å². The highest BCUT2D eigenvalue weighted by Crippen LogP contribution is 2.09. The lowest BCUT2D eigenvalue weighted by Gasteiger charge is -2.26. The van der Waals surface area contributed by atoms with Gasteiger partial charge < -0.3 is 5.73 Å². The van der Waals surface area contributed by atoms with Crippen LogP contribution in [-0.2, 0) is 14.4 Å². The Morgan fingerprint density at radius 2 is 2.07 bits per heavy atom. The van der Waals surface area contributed by atoms with Gasteiger partial charge in [-0.3, -0.25) is 14.4 Å². The molecule has 0 atom stereocenters. The summed E-state index contributed by atoms with van der Waals surface area (Å²) in [5, 5.41) is 1.18. The Hall–Kier alpha value is -1.10. The highest BCUT2D eigenvalue weighted by Gasteiger charge is 2.15. The number of nitrogens with two attached hydrogens (primary N) is 1. The molecule has 0 heterocycles. The molecule has 0 aliphatic carbocycles. The summed E-state index contributed by atoms with van der Waals surface area (Å²) in [5.74, 6) is -0.369. The molecule has 0 aliphatic heterocycles. The Balaban J connectivity index is 3.80. The molecule has 0 unspecified atom stereocenters. The predicted molar refractivity (Wildman–Crippen MR) is 52.0 cm³/mol. The molecule has 0 spiro atoms. The molecule has 5 nitrogen and oxygen atoms in total. The van der Waals surface area contributed by atoms with Crippen molar-refractivity contribution in [1.82, 2.24) is 5.06 Å². The standard InChI is InChI=1S/C9H18N2O3/c1-9(2,3)14-11(7-12)6-4-5-8(10)13/h7H,4-6H2,1-3H3,(H2,10,13). The van der Waals surface area contributed by atoms with Gasteiger partial charge in [-0.2, -0.15) is 0 Å². The third-order valence-electron chi connectivity index (χ3n) is 1.31. The second-order valence-corrected chi connectivity index (χ2v) is 4.02. The summed E-state index contributed by atoms with van der Waals surface area (Å²) < 4.78 is 0. The first-order chi connectivity index (χ1) is 6.35. The number of carbonyl (C=O) groups excluding carboxylic acids is 2. The minimum Gasteiger partial charge on any atom is -0.370 e. The van der Waals surface area contributed by atoms with Crippen LogP contribution in [0.2, 0.25) is 0 Å². The lowest BCUT2D eigenvalue weighted by Crippen LogP contribution is -2.34. The van der Waals surface area contributed by atoms with E-state index in [0.29, 0.717) is 19.4 Å². The first-order valence-corrected chi connectivity index (χ1v) is 4.54. The summed E-state index contributed by atoms with van der Waals surface area (Å²) in [7, 11) is 0. The average molecular weight is 202 g/mol. The van der Waals surface area contributed by atoms with Gasteiger partial charge in [0.2, 0.25) is 12.3 Å². The van der Waals surface area contributed by atoms with Crippen LogP contribution in [0.4, 0.5) is 0 Å². The predicted octanol–water partition coefficient (Wildman–Crippen LogP) is 0.440. The molecule has 0 bridgehead atoms. The first-order valence-electron chi connectivity index (χ1n) is 4.54. The van der Waals surface area contributed by atoms with E-state index in [1.54, 1.807) is 0 Å². The molecule has 2 amide bonds. The van der Waals surface area contributed by atoms with Gasteiger partial charge in [-0.25, -0.2) is 5.06 Å². The number of nitrogens with zero attached hydrogens (tertiary/aromatic N) is 1. The lowest BCUT2D eigenvalue weighted by molar-refractivity contribution is -0.216. The number of carbonyl (C=O) groups is 2. The summed E-state index contributed by atoms with van der Waals surface area (Å²) in [6.45, 7) is 5.91. The zero-order chi connectivity index (χ0) is 11.2. The third-order valence-corrected chi connectivity index (χ3v) is 1.31. The first kappa shape index (κ1) is 12.9. The van der Waals surface area contributed by atoms with Gasteiger partial charge in [0.1, 0.15) is 0 Å². The summed E-state index contributed by atoms with van der Waals surface area (Å²) >= 11 is 0. The maximum atomic E-state index is 10.5. The van der Waals surface area contributed by atoms with Crippen LogP contribution in [0, 0.1) is 0 Å². The molecule has 14 heavy (non-hydrogen) atoms. The van der Waals surface area contributed by atoms with Gasteiger partial charge in [-0.15, -0.1) is 0 Å². The SMILES string of the molecule is CC(C)(C)ON(C=O)CCCC(N)=O. The highest BCUT2D eigenvalue weighted by atomic mass is 16.7. The summed E-state index contributed by atoms with van der Waals surface area (Å²) in [6, 6.07) is 0. The minimum atomic E-state index is -0.409. The molecule has 0 saturated carbocycles. The monoisotopic (exact) mass is 202 g/mol. The van der Waals surface area contributed by atoms with Gasteiger partial charge in [-0.05, 0) is 27.2 Å². The Labute approximate surface area is 84.1 Å². The van der Waals surface area contributed by atoms with Crippen LogP contribution in [-0.4, -0.2) is 29.5 Å². The number of hydrogen-bond donors (Lipinski definition) is 1. The van der Waals surface area contributed by atoms with E-state index in [2.05, 4.69) is 0 Å². The van der Waals surface area contributed by atoms with E-state index in [4.69, 9.17) is 10.6 Å². The van der Waals surface area contributed by atoms with E-state index in [1.807, 2.05) is 20.8 Å². The summed E-state index contributed by atoms with van der Waals surface area (Å²) in [5.41, 5.74) is 4.55. The third kappa shape index (κ3) is 7.54. The molecule has 0 rings (SSSR count).